The van der Waals surface area contributed by atoms with Crippen LogP contribution < -0.4 is 10.6 Å². The minimum atomic E-state index is 0. The molecule has 4 heteroatoms. The van der Waals surface area contributed by atoms with E-state index < -0.39 is 0 Å². The van der Waals surface area contributed by atoms with Gasteiger partial charge in [0, 0.05) is 19.0 Å². The van der Waals surface area contributed by atoms with Gasteiger partial charge in [0.25, 0.3) is 0 Å². The van der Waals surface area contributed by atoms with E-state index in [1.807, 2.05) is 30.3 Å². The third kappa shape index (κ3) is 5.07. The Morgan fingerprint density at radius 2 is 2.11 bits per heavy atom. The number of carbonyl (C=O) groups is 1. The summed E-state index contributed by atoms with van der Waals surface area (Å²) >= 11 is 0. The first-order valence-corrected chi connectivity index (χ1v) is 6.38. The Morgan fingerprint density at radius 3 is 2.78 bits per heavy atom. The number of hydrogen-bond acceptors (Lipinski definition) is 2. The van der Waals surface area contributed by atoms with Gasteiger partial charge in [-0.15, -0.1) is 12.4 Å². The SMILES string of the molecule is Cl.O=C(CCC1CCCN1)NCc1ccccc1. The summed E-state index contributed by atoms with van der Waals surface area (Å²) in [6.07, 6.45) is 4.05. The molecule has 1 unspecified atom stereocenters. The van der Waals surface area contributed by atoms with Crippen LogP contribution in [-0.2, 0) is 11.3 Å². The number of benzene rings is 1. The maximum Gasteiger partial charge on any atom is 0.220 e. The second-order valence-corrected chi connectivity index (χ2v) is 4.59. The molecule has 0 aliphatic carbocycles. The second kappa shape index (κ2) is 8.11. The number of nitrogens with one attached hydrogen (secondary N) is 2. The maximum atomic E-state index is 11.6. The zero-order valence-corrected chi connectivity index (χ0v) is 11.3. The smallest absolute Gasteiger partial charge is 0.220 e. The molecule has 1 aromatic rings. The molecule has 0 saturated carbocycles. The summed E-state index contributed by atoms with van der Waals surface area (Å²) in [6.45, 7) is 1.74. The molecule has 1 aromatic carbocycles. The van der Waals surface area contributed by atoms with Crippen LogP contribution in [0.1, 0.15) is 31.2 Å². The monoisotopic (exact) mass is 268 g/mol. The van der Waals surface area contributed by atoms with Crippen LogP contribution in [0.25, 0.3) is 0 Å². The molecule has 2 rings (SSSR count). The van der Waals surface area contributed by atoms with Crippen molar-refractivity contribution in [2.75, 3.05) is 6.54 Å². The molecule has 1 fully saturated rings. The van der Waals surface area contributed by atoms with Crippen molar-refractivity contribution in [3.05, 3.63) is 35.9 Å². The topological polar surface area (TPSA) is 41.1 Å². The van der Waals surface area contributed by atoms with Gasteiger partial charge in [-0.3, -0.25) is 4.79 Å². The number of hydrogen-bond donors (Lipinski definition) is 2. The van der Waals surface area contributed by atoms with E-state index in [-0.39, 0.29) is 18.3 Å². The van der Waals surface area contributed by atoms with Gasteiger partial charge in [-0.1, -0.05) is 30.3 Å². The van der Waals surface area contributed by atoms with Gasteiger partial charge in [0.05, 0.1) is 0 Å². The Hall–Kier alpha value is -1.06. The third-order valence-electron chi connectivity index (χ3n) is 3.21. The summed E-state index contributed by atoms with van der Waals surface area (Å²) < 4.78 is 0. The quantitative estimate of drug-likeness (QED) is 0.860. The van der Waals surface area contributed by atoms with Gasteiger partial charge in [0.2, 0.25) is 5.91 Å². The zero-order chi connectivity index (χ0) is 11.9. The molecule has 0 radical (unpaired) electrons. The summed E-state index contributed by atoms with van der Waals surface area (Å²) in [4.78, 5) is 11.6. The number of rotatable bonds is 5. The first-order valence-electron chi connectivity index (χ1n) is 6.38. The van der Waals surface area contributed by atoms with Crippen molar-refractivity contribution in [2.45, 2.75) is 38.3 Å². The maximum absolute atomic E-state index is 11.6. The van der Waals surface area contributed by atoms with Crippen LogP contribution in [-0.4, -0.2) is 18.5 Å². The molecule has 2 N–H and O–H groups in total. The zero-order valence-electron chi connectivity index (χ0n) is 10.5. The normalized spacial score (nSPS) is 18.1. The molecule has 0 bridgehead atoms. The Labute approximate surface area is 115 Å². The fraction of sp³-hybridized carbons (Fsp3) is 0.500. The average molecular weight is 269 g/mol. The highest BCUT2D eigenvalue weighted by Crippen LogP contribution is 2.10. The minimum absolute atomic E-state index is 0. The Bertz CT molecular complexity index is 350. The van der Waals surface area contributed by atoms with Gasteiger partial charge in [0.15, 0.2) is 0 Å². The Balaban J connectivity index is 0.00000162. The average Bonchev–Trinajstić information content (AvgIpc) is 2.88. The lowest BCUT2D eigenvalue weighted by Crippen LogP contribution is -2.27. The first-order chi connectivity index (χ1) is 8.34. The van der Waals surface area contributed by atoms with E-state index in [1.54, 1.807) is 0 Å². The van der Waals surface area contributed by atoms with Crippen molar-refractivity contribution in [2.24, 2.45) is 0 Å². The Morgan fingerprint density at radius 1 is 1.33 bits per heavy atom. The number of halogens is 1. The first kappa shape index (κ1) is 15.0. The highest BCUT2D eigenvalue weighted by atomic mass is 35.5. The summed E-state index contributed by atoms with van der Waals surface area (Å²) in [5, 5.41) is 6.36. The second-order valence-electron chi connectivity index (χ2n) is 4.59. The van der Waals surface area contributed by atoms with Crippen molar-refractivity contribution in [3.63, 3.8) is 0 Å². The van der Waals surface area contributed by atoms with Crippen LogP contribution in [0.15, 0.2) is 30.3 Å². The highest BCUT2D eigenvalue weighted by molar-refractivity contribution is 5.85. The lowest BCUT2D eigenvalue weighted by molar-refractivity contribution is -0.121. The number of carbonyl (C=O) groups excluding carboxylic acids is 1. The Kier molecular flexibility index (Phi) is 6.76. The summed E-state index contributed by atoms with van der Waals surface area (Å²) in [5.41, 5.74) is 1.15. The molecule has 0 spiro atoms. The molecule has 100 valence electrons. The fourth-order valence-corrected chi connectivity index (χ4v) is 2.19. The molecule has 1 aliphatic heterocycles. The molecular weight excluding hydrogens is 248 g/mol. The number of amides is 1. The fourth-order valence-electron chi connectivity index (χ4n) is 2.19. The van der Waals surface area contributed by atoms with Crippen molar-refractivity contribution in [3.8, 4) is 0 Å². The van der Waals surface area contributed by atoms with E-state index in [9.17, 15) is 4.79 Å². The summed E-state index contributed by atoms with van der Waals surface area (Å²) in [6, 6.07) is 10.6. The molecule has 1 heterocycles. The molecule has 18 heavy (non-hydrogen) atoms. The van der Waals surface area contributed by atoms with Crippen LogP contribution in [0, 0.1) is 0 Å². The molecule has 1 saturated heterocycles. The lowest BCUT2D eigenvalue weighted by Gasteiger charge is -2.10. The molecule has 0 aromatic heterocycles. The van der Waals surface area contributed by atoms with Crippen LogP contribution >= 0.6 is 12.4 Å². The standard InChI is InChI=1S/C14H20N2O.ClH/c17-14(9-8-13-7-4-10-15-13)16-11-12-5-2-1-3-6-12;/h1-3,5-6,13,15H,4,7-11H2,(H,16,17);1H. The lowest BCUT2D eigenvalue weighted by atomic mass is 10.1. The molecular formula is C14H21ClN2O. The van der Waals surface area contributed by atoms with E-state index in [0.717, 1.165) is 18.5 Å². The van der Waals surface area contributed by atoms with Crippen molar-refractivity contribution >= 4 is 18.3 Å². The van der Waals surface area contributed by atoms with E-state index in [4.69, 9.17) is 0 Å². The van der Waals surface area contributed by atoms with Gasteiger partial charge in [-0.2, -0.15) is 0 Å². The van der Waals surface area contributed by atoms with Crippen LogP contribution in [0.2, 0.25) is 0 Å². The minimum Gasteiger partial charge on any atom is -0.352 e. The summed E-state index contributed by atoms with van der Waals surface area (Å²) in [5.74, 6) is 0.155. The van der Waals surface area contributed by atoms with Gasteiger partial charge in [-0.05, 0) is 31.4 Å². The van der Waals surface area contributed by atoms with Crippen molar-refractivity contribution in [1.82, 2.24) is 10.6 Å². The molecule has 3 nitrogen and oxygen atoms in total. The van der Waals surface area contributed by atoms with Crippen molar-refractivity contribution in [1.29, 1.82) is 0 Å². The van der Waals surface area contributed by atoms with Crippen LogP contribution in [0.3, 0.4) is 0 Å². The van der Waals surface area contributed by atoms with E-state index in [1.165, 1.54) is 12.8 Å². The molecule has 1 aliphatic rings. The highest BCUT2D eigenvalue weighted by Gasteiger charge is 2.14. The van der Waals surface area contributed by atoms with Gasteiger partial charge in [-0.25, -0.2) is 0 Å². The van der Waals surface area contributed by atoms with Crippen molar-refractivity contribution < 1.29 is 4.79 Å². The van der Waals surface area contributed by atoms with E-state index in [0.29, 0.717) is 19.0 Å². The van der Waals surface area contributed by atoms with Crippen LogP contribution in [0.4, 0.5) is 0 Å². The van der Waals surface area contributed by atoms with E-state index >= 15 is 0 Å². The predicted octanol–water partition coefficient (Wildman–Crippen LogP) is 2.26. The van der Waals surface area contributed by atoms with Crippen LogP contribution in [0.5, 0.6) is 0 Å². The predicted molar refractivity (Wildman–Crippen MR) is 75.8 cm³/mol. The largest absolute Gasteiger partial charge is 0.352 e. The summed E-state index contributed by atoms with van der Waals surface area (Å²) in [7, 11) is 0. The third-order valence-corrected chi connectivity index (χ3v) is 3.21. The van der Waals surface area contributed by atoms with Gasteiger partial charge in [0.1, 0.15) is 0 Å². The molecule has 1 amide bonds. The van der Waals surface area contributed by atoms with Gasteiger partial charge >= 0.3 is 0 Å². The molecule has 1 atom stereocenters. The van der Waals surface area contributed by atoms with Gasteiger partial charge < -0.3 is 10.6 Å². The van der Waals surface area contributed by atoms with E-state index in [2.05, 4.69) is 10.6 Å².